The van der Waals surface area contributed by atoms with E-state index in [1.54, 1.807) is 15.7 Å². The lowest BCUT2D eigenvalue weighted by molar-refractivity contribution is 0.0735. The number of amides is 1. The molecule has 128 valence electrons. The second-order valence-electron chi connectivity index (χ2n) is 6.36. The predicted molar refractivity (Wildman–Crippen MR) is 90.1 cm³/mol. The van der Waals surface area contributed by atoms with E-state index in [0.717, 1.165) is 36.2 Å². The minimum Gasteiger partial charge on any atom is -0.331 e. The van der Waals surface area contributed by atoms with Crippen molar-refractivity contribution < 1.29 is 4.79 Å². The number of carbonyl (C=O) groups is 1. The number of hydrogen-bond acceptors (Lipinski definition) is 5. The van der Waals surface area contributed by atoms with Gasteiger partial charge in [0.1, 0.15) is 6.33 Å². The summed E-state index contributed by atoms with van der Waals surface area (Å²) in [5, 5.41) is 15.5. The summed E-state index contributed by atoms with van der Waals surface area (Å²) in [5.41, 5.74) is 3.60. The molecule has 0 N–H and O–H groups in total. The first kappa shape index (κ1) is 15.5. The Morgan fingerprint density at radius 1 is 1.32 bits per heavy atom. The van der Waals surface area contributed by atoms with Gasteiger partial charge < -0.3 is 4.90 Å². The summed E-state index contributed by atoms with van der Waals surface area (Å²) < 4.78 is 3.37. The second-order valence-corrected chi connectivity index (χ2v) is 6.36. The Labute approximate surface area is 145 Å². The van der Waals surface area contributed by atoms with E-state index in [9.17, 15) is 4.79 Å². The topological polar surface area (TPSA) is 81.7 Å². The van der Waals surface area contributed by atoms with Crippen molar-refractivity contribution in [1.82, 2.24) is 34.9 Å². The average molecular weight is 337 g/mol. The van der Waals surface area contributed by atoms with Crippen LogP contribution in [0.4, 0.5) is 0 Å². The number of carbonyl (C=O) groups excluding carboxylic acids is 1. The van der Waals surface area contributed by atoms with Crippen LogP contribution >= 0.6 is 0 Å². The fraction of sp³-hybridized carbons (Fsp3) is 0.353. The van der Waals surface area contributed by atoms with Crippen molar-refractivity contribution in [3.63, 3.8) is 0 Å². The van der Waals surface area contributed by atoms with E-state index in [4.69, 9.17) is 0 Å². The molecule has 0 saturated carbocycles. The summed E-state index contributed by atoms with van der Waals surface area (Å²) in [7, 11) is 1.89. The molecule has 8 heteroatoms. The van der Waals surface area contributed by atoms with Crippen LogP contribution in [0.5, 0.6) is 0 Å². The molecule has 0 aliphatic carbocycles. The Balaban J connectivity index is 1.61. The lowest BCUT2D eigenvalue weighted by Gasteiger charge is -2.24. The van der Waals surface area contributed by atoms with Crippen LogP contribution in [0.25, 0.3) is 5.69 Å². The second kappa shape index (κ2) is 6.12. The van der Waals surface area contributed by atoms with Gasteiger partial charge in [-0.05, 0) is 54.0 Å². The third-order valence-electron chi connectivity index (χ3n) is 4.66. The molecule has 1 aliphatic rings. The largest absolute Gasteiger partial charge is 0.331 e. The van der Waals surface area contributed by atoms with Crippen LogP contribution in [0, 0.1) is 6.92 Å². The monoisotopic (exact) mass is 337 g/mol. The smallest absolute Gasteiger partial charge is 0.254 e. The number of benzene rings is 1. The normalized spacial score (nSPS) is 17.2. The van der Waals surface area contributed by atoms with Crippen molar-refractivity contribution in [2.75, 3.05) is 6.54 Å². The molecule has 25 heavy (non-hydrogen) atoms. The molecule has 3 heterocycles. The Morgan fingerprint density at radius 3 is 2.88 bits per heavy atom. The molecule has 1 saturated heterocycles. The van der Waals surface area contributed by atoms with Crippen LogP contribution in [0.15, 0.2) is 36.9 Å². The van der Waals surface area contributed by atoms with E-state index < -0.39 is 0 Å². The van der Waals surface area contributed by atoms with Gasteiger partial charge in [-0.2, -0.15) is 5.10 Å². The van der Waals surface area contributed by atoms with E-state index in [1.807, 2.05) is 49.5 Å². The number of tetrazole rings is 1. The zero-order valence-corrected chi connectivity index (χ0v) is 14.2. The van der Waals surface area contributed by atoms with Gasteiger partial charge in [-0.3, -0.25) is 9.48 Å². The van der Waals surface area contributed by atoms with Crippen molar-refractivity contribution in [3.8, 4) is 5.69 Å². The Morgan fingerprint density at radius 2 is 2.20 bits per heavy atom. The van der Waals surface area contributed by atoms with Gasteiger partial charge in [-0.25, -0.2) is 4.68 Å². The summed E-state index contributed by atoms with van der Waals surface area (Å²) >= 11 is 0. The van der Waals surface area contributed by atoms with Gasteiger partial charge in [0.25, 0.3) is 5.91 Å². The standard InChI is InChI=1S/C17H19N7O/c1-12-8-13(5-6-15(12)24-11-18-20-21-24)17(25)23-7-3-4-16(23)14-9-19-22(2)10-14/h5-6,8-11,16H,3-4,7H2,1-2H3. The molecule has 0 radical (unpaired) electrons. The average Bonchev–Trinajstić information content (AvgIpc) is 3.35. The molecular formula is C17H19N7O. The zero-order chi connectivity index (χ0) is 17.4. The SMILES string of the molecule is Cc1cc(C(=O)N2CCCC2c2cnn(C)c2)ccc1-n1cnnn1. The van der Waals surface area contributed by atoms with Crippen molar-refractivity contribution in [3.05, 3.63) is 53.6 Å². The third-order valence-corrected chi connectivity index (χ3v) is 4.66. The number of likely N-dealkylation sites (tertiary alicyclic amines) is 1. The highest BCUT2D eigenvalue weighted by molar-refractivity contribution is 5.95. The van der Waals surface area contributed by atoms with Crippen molar-refractivity contribution >= 4 is 5.91 Å². The summed E-state index contributed by atoms with van der Waals surface area (Å²) in [6.07, 6.45) is 7.36. The number of aromatic nitrogens is 6. The highest BCUT2D eigenvalue weighted by Gasteiger charge is 2.31. The Kier molecular flexibility index (Phi) is 3.79. The summed E-state index contributed by atoms with van der Waals surface area (Å²) in [5.74, 6) is 0.0534. The molecule has 0 bridgehead atoms. The van der Waals surface area contributed by atoms with E-state index in [0.29, 0.717) is 5.56 Å². The van der Waals surface area contributed by atoms with E-state index >= 15 is 0 Å². The Hall–Kier alpha value is -3.03. The summed E-state index contributed by atoms with van der Waals surface area (Å²) in [4.78, 5) is 15.0. The van der Waals surface area contributed by atoms with Gasteiger partial charge in [0.2, 0.25) is 0 Å². The minimum absolute atomic E-state index is 0.0534. The Bertz CT molecular complexity index is 900. The van der Waals surface area contributed by atoms with E-state index in [2.05, 4.69) is 20.6 Å². The fourth-order valence-electron chi connectivity index (χ4n) is 3.45. The van der Waals surface area contributed by atoms with Gasteiger partial charge in [0, 0.05) is 30.9 Å². The first-order chi connectivity index (χ1) is 12.1. The lowest BCUT2D eigenvalue weighted by atomic mass is 10.1. The van der Waals surface area contributed by atoms with E-state index in [1.165, 1.54) is 0 Å². The van der Waals surface area contributed by atoms with Crippen LogP contribution < -0.4 is 0 Å². The number of aryl methyl sites for hydroxylation is 2. The van der Waals surface area contributed by atoms with Crippen LogP contribution in [-0.4, -0.2) is 47.3 Å². The van der Waals surface area contributed by atoms with Gasteiger partial charge in [-0.1, -0.05) is 0 Å². The predicted octanol–water partition coefficient (Wildman–Crippen LogP) is 1.68. The molecule has 1 aliphatic heterocycles. The van der Waals surface area contributed by atoms with Gasteiger partial charge in [0.15, 0.2) is 0 Å². The quantitative estimate of drug-likeness (QED) is 0.726. The number of hydrogen-bond donors (Lipinski definition) is 0. The molecule has 1 amide bonds. The van der Waals surface area contributed by atoms with Crippen LogP contribution in [0.3, 0.4) is 0 Å². The highest BCUT2D eigenvalue weighted by Crippen LogP contribution is 2.33. The van der Waals surface area contributed by atoms with Crippen molar-refractivity contribution in [1.29, 1.82) is 0 Å². The molecule has 0 spiro atoms. The molecule has 1 unspecified atom stereocenters. The highest BCUT2D eigenvalue weighted by atomic mass is 16.2. The molecule has 3 aromatic rings. The molecule has 4 rings (SSSR count). The minimum atomic E-state index is 0.0534. The first-order valence-corrected chi connectivity index (χ1v) is 8.27. The lowest BCUT2D eigenvalue weighted by Crippen LogP contribution is -2.30. The fourth-order valence-corrected chi connectivity index (χ4v) is 3.45. The molecule has 2 aromatic heterocycles. The molecular weight excluding hydrogens is 318 g/mol. The number of rotatable bonds is 3. The summed E-state index contributed by atoms with van der Waals surface area (Å²) in [6, 6.07) is 5.72. The van der Waals surface area contributed by atoms with Crippen LogP contribution in [0.1, 0.15) is 40.4 Å². The summed E-state index contributed by atoms with van der Waals surface area (Å²) in [6.45, 7) is 2.72. The molecule has 1 fully saturated rings. The van der Waals surface area contributed by atoms with Gasteiger partial charge in [0.05, 0.1) is 17.9 Å². The maximum Gasteiger partial charge on any atom is 0.254 e. The van der Waals surface area contributed by atoms with Gasteiger partial charge in [-0.15, -0.1) is 5.10 Å². The molecule has 1 atom stereocenters. The number of nitrogens with zero attached hydrogens (tertiary/aromatic N) is 7. The van der Waals surface area contributed by atoms with E-state index in [-0.39, 0.29) is 11.9 Å². The van der Waals surface area contributed by atoms with Crippen LogP contribution in [-0.2, 0) is 7.05 Å². The molecule has 1 aromatic carbocycles. The van der Waals surface area contributed by atoms with Gasteiger partial charge >= 0.3 is 0 Å². The van der Waals surface area contributed by atoms with Crippen molar-refractivity contribution in [2.45, 2.75) is 25.8 Å². The first-order valence-electron chi connectivity index (χ1n) is 8.27. The maximum atomic E-state index is 13.0. The van der Waals surface area contributed by atoms with Crippen molar-refractivity contribution in [2.24, 2.45) is 7.05 Å². The molecule has 8 nitrogen and oxygen atoms in total. The third kappa shape index (κ3) is 2.79. The zero-order valence-electron chi connectivity index (χ0n) is 14.2. The van der Waals surface area contributed by atoms with Crippen LogP contribution in [0.2, 0.25) is 0 Å². The maximum absolute atomic E-state index is 13.0.